The Morgan fingerprint density at radius 2 is 1.96 bits per heavy atom. The summed E-state index contributed by atoms with van der Waals surface area (Å²) < 4.78 is 0. The summed E-state index contributed by atoms with van der Waals surface area (Å²) in [6.07, 6.45) is 1.09. The quantitative estimate of drug-likeness (QED) is 0.666. The first-order chi connectivity index (χ1) is 13.1. The topological polar surface area (TPSA) is 41.1 Å². The molecule has 2 N–H and O–H groups in total. The molecular formula is C23H23ClN2O. The van der Waals surface area contributed by atoms with Crippen LogP contribution in [0.2, 0.25) is 5.02 Å². The van der Waals surface area contributed by atoms with E-state index in [2.05, 4.69) is 34.9 Å². The van der Waals surface area contributed by atoms with Crippen LogP contribution in [0.25, 0.3) is 10.8 Å². The average molecular weight is 379 g/mol. The van der Waals surface area contributed by atoms with Gasteiger partial charge in [0.05, 0.1) is 16.6 Å². The summed E-state index contributed by atoms with van der Waals surface area (Å²) in [5, 5.41) is 9.32. The van der Waals surface area contributed by atoms with Gasteiger partial charge in [-0.1, -0.05) is 60.1 Å². The average Bonchev–Trinajstić information content (AvgIpc) is 3.22. The highest BCUT2D eigenvalue weighted by Gasteiger charge is 2.20. The third kappa shape index (κ3) is 3.71. The number of carbonyl (C=O) groups excluding carboxylic acids is 1. The van der Waals surface area contributed by atoms with Crippen molar-refractivity contribution in [1.82, 2.24) is 10.6 Å². The highest BCUT2D eigenvalue weighted by molar-refractivity contribution is 6.33. The lowest BCUT2D eigenvalue weighted by Crippen LogP contribution is -2.27. The van der Waals surface area contributed by atoms with Crippen molar-refractivity contribution in [3.8, 4) is 0 Å². The Morgan fingerprint density at radius 1 is 1.15 bits per heavy atom. The summed E-state index contributed by atoms with van der Waals surface area (Å²) in [6.45, 7) is 3.99. The van der Waals surface area contributed by atoms with Gasteiger partial charge in [0.2, 0.25) is 0 Å². The molecule has 0 saturated carbocycles. The number of rotatable bonds is 4. The van der Waals surface area contributed by atoms with E-state index < -0.39 is 0 Å². The molecule has 3 nitrogen and oxygen atoms in total. The maximum atomic E-state index is 12.9. The molecule has 0 aromatic heterocycles. The maximum absolute atomic E-state index is 12.9. The van der Waals surface area contributed by atoms with E-state index in [1.807, 2.05) is 43.3 Å². The smallest absolute Gasteiger partial charge is 0.253 e. The van der Waals surface area contributed by atoms with E-state index in [1.54, 1.807) is 0 Å². The molecule has 0 spiro atoms. The first kappa shape index (κ1) is 18.0. The van der Waals surface area contributed by atoms with E-state index in [9.17, 15) is 4.79 Å². The summed E-state index contributed by atoms with van der Waals surface area (Å²) in [4.78, 5) is 12.9. The van der Waals surface area contributed by atoms with E-state index in [0.717, 1.165) is 30.5 Å². The van der Waals surface area contributed by atoms with Gasteiger partial charge in [-0.15, -0.1) is 0 Å². The molecule has 138 valence electrons. The van der Waals surface area contributed by atoms with Crippen molar-refractivity contribution in [1.29, 1.82) is 0 Å². The number of halogens is 1. The second-order valence-corrected chi connectivity index (χ2v) is 7.60. The van der Waals surface area contributed by atoms with Gasteiger partial charge in [0, 0.05) is 6.54 Å². The van der Waals surface area contributed by atoms with E-state index in [1.165, 1.54) is 10.9 Å². The van der Waals surface area contributed by atoms with Crippen LogP contribution in [0.15, 0.2) is 60.7 Å². The highest BCUT2D eigenvalue weighted by Crippen LogP contribution is 2.28. The van der Waals surface area contributed by atoms with Gasteiger partial charge in [-0.05, 0) is 59.8 Å². The van der Waals surface area contributed by atoms with E-state index in [0.29, 0.717) is 16.5 Å². The van der Waals surface area contributed by atoms with Gasteiger partial charge in [-0.25, -0.2) is 0 Å². The van der Waals surface area contributed by atoms with Gasteiger partial charge in [0.25, 0.3) is 5.91 Å². The molecule has 0 radical (unpaired) electrons. The van der Waals surface area contributed by atoms with Crippen LogP contribution in [0.1, 0.15) is 46.8 Å². The zero-order valence-electron chi connectivity index (χ0n) is 15.3. The molecule has 2 unspecified atom stereocenters. The molecule has 4 rings (SSSR count). The molecule has 3 aromatic carbocycles. The minimum atomic E-state index is -0.131. The third-order valence-electron chi connectivity index (χ3n) is 5.40. The minimum absolute atomic E-state index is 0.114. The number of benzene rings is 3. The van der Waals surface area contributed by atoms with Crippen molar-refractivity contribution < 1.29 is 4.79 Å². The van der Waals surface area contributed by atoms with Crippen molar-refractivity contribution >= 4 is 28.3 Å². The number of hydrogen-bond acceptors (Lipinski definition) is 2. The molecule has 0 bridgehead atoms. The number of nitrogens with one attached hydrogen (secondary N) is 2. The predicted molar refractivity (Wildman–Crippen MR) is 112 cm³/mol. The highest BCUT2D eigenvalue weighted by atomic mass is 35.5. The lowest BCUT2D eigenvalue weighted by atomic mass is 9.96. The van der Waals surface area contributed by atoms with Gasteiger partial charge in [-0.2, -0.15) is 0 Å². The van der Waals surface area contributed by atoms with Gasteiger partial charge < -0.3 is 10.6 Å². The molecule has 27 heavy (non-hydrogen) atoms. The van der Waals surface area contributed by atoms with E-state index >= 15 is 0 Å². The molecular weight excluding hydrogens is 356 g/mol. The predicted octanol–water partition coefficient (Wildman–Crippen LogP) is 5.06. The second-order valence-electron chi connectivity index (χ2n) is 7.19. The number of amides is 1. The third-order valence-corrected chi connectivity index (χ3v) is 5.73. The van der Waals surface area contributed by atoms with Gasteiger partial charge >= 0.3 is 0 Å². The molecule has 1 heterocycles. The maximum Gasteiger partial charge on any atom is 0.253 e. The first-order valence-electron chi connectivity index (χ1n) is 9.42. The second kappa shape index (κ2) is 7.71. The van der Waals surface area contributed by atoms with Crippen molar-refractivity contribution in [2.75, 3.05) is 13.1 Å². The summed E-state index contributed by atoms with van der Waals surface area (Å²) in [5.74, 6) is 0.317. The van der Waals surface area contributed by atoms with Gasteiger partial charge in [0.15, 0.2) is 0 Å². The van der Waals surface area contributed by atoms with Gasteiger partial charge in [0.1, 0.15) is 0 Å². The molecule has 1 saturated heterocycles. The monoisotopic (exact) mass is 378 g/mol. The molecule has 3 aromatic rings. The van der Waals surface area contributed by atoms with E-state index in [4.69, 9.17) is 11.6 Å². The van der Waals surface area contributed by atoms with Crippen molar-refractivity contribution in [3.05, 3.63) is 82.4 Å². The van der Waals surface area contributed by atoms with Crippen molar-refractivity contribution in [3.63, 3.8) is 0 Å². The molecule has 4 heteroatoms. The first-order valence-corrected chi connectivity index (χ1v) is 9.80. The molecule has 0 aliphatic carbocycles. The van der Waals surface area contributed by atoms with Crippen molar-refractivity contribution in [2.24, 2.45) is 0 Å². The summed E-state index contributed by atoms with van der Waals surface area (Å²) >= 11 is 6.35. The largest absolute Gasteiger partial charge is 0.345 e. The Kier molecular flexibility index (Phi) is 5.15. The van der Waals surface area contributed by atoms with Crippen LogP contribution in [-0.2, 0) is 0 Å². The van der Waals surface area contributed by atoms with Crippen LogP contribution in [0.5, 0.6) is 0 Å². The van der Waals surface area contributed by atoms with Gasteiger partial charge in [-0.3, -0.25) is 4.79 Å². The van der Waals surface area contributed by atoms with Crippen LogP contribution in [-0.4, -0.2) is 19.0 Å². The Balaban J connectivity index is 1.59. The SMILES string of the molecule is CC(NC(=O)c1cc(C2CCNC2)ccc1Cl)c1cccc2ccccc12. The number of hydrogen-bond donors (Lipinski definition) is 2. The normalized spacial score (nSPS) is 17.8. The number of carbonyl (C=O) groups is 1. The lowest BCUT2D eigenvalue weighted by molar-refractivity contribution is 0.0940. The molecule has 1 fully saturated rings. The zero-order valence-corrected chi connectivity index (χ0v) is 16.1. The van der Waals surface area contributed by atoms with E-state index in [-0.39, 0.29) is 11.9 Å². The zero-order chi connectivity index (χ0) is 18.8. The fourth-order valence-corrected chi connectivity index (χ4v) is 4.09. The van der Waals surface area contributed by atoms with Crippen LogP contribution < -0.4 is 10.6 Å². The molecule has 1 aliphatic rings. The Morgan fingerprint density at radius 3 is 2.78 bits per heavy atom. The number of fused-ring (bicyclic) bond motifs is 1. The standard InChI is InChI=1S/C23H23ClN2O/c1-15(19-8-4-6-16-5-2-3-7-20(16)19)26-23(27)21-13-17(9-10-22(21)24)18-11-12-25-14-18/h2-10,13,15,18,25H,11-12,14H2,1H3,(H,26,27). The fraction of sp³-hybridized carbons (Fsp3) is 0.261. The summed E-state index contributed by atoms with van der Waals surface area (Å²) in [5.41, 5.74) is 2.83. The van der Waals surface area contributed by atoms with Crippen LogP contribution in [0.3, 0.4) is 0 Å². The van der Waals surface area contributed by atoms with Crippen molar-refractivity contribution in [2.45, 2.75) is 25.3 Å². The Bertz CT molecular complexity index is 974. The Hall–Kier alpha value is -2.36. The van der Waals surface area contributed by atoms with Crippen LogP contribution in [0, 0.1) is 0 Å². The molecule has 1 aliphatic heterocycles. The molecule has 2 atom stereocenters. The van der Waals surface area contributed by atoms with Crippen LogP contribution in [0.4, 0.5) is 0 Å². The summed E-state index contributed by atoms with van der Waals surface area (Å²) in [6, 6.07) is 20.1. The Labute approximate surface area is 164 Å². The minimum Gasteiger partial charge on any atom is -0.345 e. The lowest BCUT2D eigenvalue weighted by Gasteiger charge is -2.18. The summed E-state index contributed by atoms with van der Waals surface area (Å²) in [7, 11) is 0. The fourth-order valence-electron chi connectivity index (χ4n) is 3.89. The van der Waals surface area contributed by atoms with Crippen LogP contribution >= 0.6 is 11.6 Å². The molecule has 1 amide bonds.